The van der Waals surface area contributed by atoms with Crippen molar-refractivity contribution >= 4 is 5.82 Å². The second-order valence-corrected chi connectivity index (χ2v) is 3.68. The van der Waals surface area contributed by atoms with Crippen molar-refractivity contribution in [2.75, 3.05) is 19.0 Å². The summed E-state index contributed by atoms with van der Waals surface area (Å²) < 4.78 is 10.5. The van der Waals surface area contributed by atoms with Crippen LogP contribution in [0, 0.1) is 0 Å². The van der Waals surface area contributed by atoms with E-state index in [1.54, 1.807) is 7.11 Å². The standard InChI is InChI=1S/C11H16N2O2/c1-8-9(6-7-15-8)12-10-4-3-5-11(13-10)14-2/h3-5,8-9H,6-7H2,1-2H3,(H,12,13). The molecule has 2 rings (SSSR count). The Labute approximate surface area is 89.6 Å². The molecule has 0 aromatic carbocycles. The first kappa shape index (κ1) is 10.2. The zero-order valence-electron chi connectivity index (χ0n) is 9.06. The van der Waals surface area contributed by atoms with Crippen LogP contribution in [0.4, 0.5) is 5.82 Å². The van der Waals surface area contributed by atoms with Gasteiger partial charge < -0.3 is 14.8 Å². The van der Waals surface area contributed by atoms with Gasteiger partial charge in [-0.05, 0) is 19.4 Å². The second-order valence-electron chi connectivity index (χ2n) is 3.68. The predicted molar refractivity (Wildman–Crippen MR) is 58.2 cm³/mol. The summed E-state index contributed by atoms with van der Waals surface area (Å²) in [6.45, 7) is 2.90. The molecule has 0 amide bonds. The Balaban J connectivity index is 2.03. The van der Waals surface area contributed by atoms with Gasteiger partial charge in [0.2, 0.25) is 5.88 Å². The Morgan fingerprint density at radius 2 is 2.40 bits per heavy atom. The molecule has 0 bridgehead atoms. The highest BCUT2D eigenvalue weighted by atomic mass is 16.5. The number of methoxy groups -OCH3 is 1. The Hall–Kier alpha value is -1.29. The van der Waals surface area contributed by atoms with E-state index < -0.39 is 0 Å². The molecule has 2 heterocycles. The van der Waals surface area contributed by atoms with Crippen molar-refractivity contribution in [1.82, 2.24) is 4.98 Å². The van der Waals surface area contributed by atoms with E-state index in [-0.39, 0.29) is 6.10 Å². The third-order valence-electron chi connectivity index (χ3n) is 2.64. The minimum Gasteiger partial charge on any atom is -0.481 e. The minimum atomic E-state index is 0.248. The highest BCUT2D eigenvalue weighted by Crippen LogP contribution is 2.18. The summed E-state index contributed by atoms with van der Waals surface area (Å²) in [6, 6.07) is 6.05. The van der Waals surface area contributed by atoms with Gasteiger partial charge in [-0.15, -0.1) is 0 Å². The van der Waals surface area contributed by atoms with Crippen molar-refractivity contribution in [1.29, 1.82) is 0 Å². The van der Waals surface area contributed by atoms with Gasteiger partial charge in [-0.3, -0.25) is 0 Å². The predicted octanol–water partition coefficient (Wildman–Crippen LogP) is 1.68. The smallest absolute Gasteiger partial charge is 0.214 e. The fraction of sp³-hybridized carbons (Fsp3) is 0.545. The van der Waals surface area contributed by atoms with E-state index in [1.807, 2.05) is 18.2 Å². The van der Waals surface area contributed by atoms with Gasteiger partial charge in [0.15, 0.2) is 0 Å². The van der Waals surface area contributed by atoms with Crippen LogP contribution < -0.4 is 10.1 Å². The van der Waals surface area contributed by atoms with Crippen LogP contribution in [0.25, 0.3) is 0 Å². The molecule has 15 heavy (non-hydrogen) atoms. The Morgan fingerprint density at radius 1 is 1.53 bits per heavy atom. The molecule has 0 radical (unpaired) electrons. The monoisotopic (exact) mass is 208 g/mol. The van der Waals surface area contributed by atoms with Crippen molar-refractivity contribution in [3.8, 4) is 5.88 Å². The number of hydrogen-bond acceptors (Lipinski definition) is 4. The first-order valence-corrected chi connectivity index (χ1v) is 5.19. The molecular formula is C11H16N2O2. The quantitative estimate of drug-likeness (QED) is 0.820. The highest BCUT2D eigenvalue weighted by Gasteiger charge is 2.24. The Morgan fingerprint density at radius 3 is 3.07 bits per heavy atom. The fourth-order valence-electron chi connectivity index (χ4n) is 1.72. The summed E-state index contributed by atoms with van der Waals surface area (Å²) in [5.74, 6) is 1.48. The van der Waals surface area contributed by atoms with Crippen LogP contribution in [0.3, 0.4) is 0 Å². The summed E-state index contributed by atoms with van der Waals surface area (Å²) in [7, 11) is 1.62. The molecule has 1 aromatic rings. The summed E-state index contributed by atoms with van der Waals surface area (Å²) in [5.41, 5.74) is 0. The topological polar surface area (TPSA) is 43.4 Å². The molecule has 0 saturated carbocycles. The van der Waals surface area contributed by atoms with E-state index >= 15 is 0 Å². The molecular weight excluding hydrogens is 192 g/mol. The second kappa shape index (κ2) is 4.49. The highest BCUT2D eigenvalue weighted by molar-refractivity contribution is 5.38. The molecule has 4 nitrogen and oxygen atoms in total. The van der Waals surface area contributed by atoms with E-state index in [0.29, 0.717) is 11.9 Å². The van der Waals surface area contributed by atoms with Crippen LogP contribution in [-0.2, 0) is 4.74 Å². The lowest BCUT2D eigenvalue weighted by Crippen LogP contribution is -2.27. The van der Waals surface area contributed by atoms with Gasteiger partial charge >= 0.3 is 0 Å². The van der Waals surface area contributed by atoms with E-state index in [1.165, 1.54) is 0 Å². The number of rotatable bonds is 3. The number of anilines is 1. The van der Waals surface area contributed by atoms with Crippen LogP contribution in [0.15, 0.2) is 18.2 Å². The minimum absolute atomic E-state index is 0.248. The molecule has 1 aromatic heterocycles. The van der Waals surface area contributed by atoms with Crippen LogP contribution in [0.1, 0.15) is 13.3 Å². The number of pyridine rings is 1. The fourth-order valence-corrected chi connectivity index (χ4v) is 1.72. The van der Waals surface area contributed by atoms with Crippen LogP contribution in [-0.4, -0.2) is 30.8 Å². The molecule has 1 aliphatic rings. The third kappa shape index (κ3) is 2.39. The van der Waals surface area contributed by atoms with Crippen molar-refractivity contribution in [3.05, 3.63) is 18.2 Å². The first-order chi connectivity index (χ1) is 7.29. The molecule has 2 unspecified atom stereocenters. The summed E-state index contributed by atoms with van der Waals surface area (Å²) in [6.07, 6.45) is 1.28. The van der Waals surface area contributed by atoms with Crippen LogP contribution in [0.2, 0.25) is 0 Å². The van der Waals surface area contributed by atoms with Crippen molar-refractivity contribution in [2.24, 2.45) is 0 Å². The number of nitrogens with zero attached hydrogens (tertiary/aromatic N) is 1. The van der Waals surface area contributed by atoms with E-state index in [2.05, 4.69) is 17.2 Å². The van der Waals surface area contributed by atoms with Crippen molar-refractivity contribution in [3.63, 3.8) is 0 Å². The maximum Gasteiger partial charge on any atom is 0.214 e. The zero-order valence-corrected chi connectivity index (χ0v) is 9.06. The van der Waals surface area contributed by atoms with Crippen molar-refractivity contribution in [2.45, 2.75) is 25.5 Å². The van der Waals surface area contributed by atoms with E-state index in [9.17, 15) is 0 Å². The molecule has 2 atom stereocenters. The van der Waals surface area contributed by atoms with Gasteiger partial charge in [-0.25, -0.2) is 0 Å². The Kier molecular flexibility index (Phi) is 3.06. The lowest BCUT2D eigenvalue weighted by atomic mass is 10.1. The first-order valence-electron chi connectivity index (χ1n) is 5.19. The van der Waals surface area contributed by atoms with Crippen LogP contribution in [0.5, 0.6) is 5.88 Å². The number of hydrogen-bond donors (Lipinski definition) is 1. The lowest BCUT2D eigenvalue weighted by Gasteiger charge is -2.16. The van der Waals surface area contributed by atoms with Gasteiger partial charge in [0.05, 0.1) is 19.3 Å². The molecule has 1 N–H and O–H groups in total. The summed E-state index contributed by atoms with van der Waals surface area (Å²) >= 11 is 0. The molecule has 1 fully saturated rings. The zero-order chi connectivity index (χ0) is 10.7. The molecule has 4 heteroatoms. The summed E-state index contributed by atoms with van der Waals surface area (Å²) in [5, 5.41) is 3.35. The largest absolute Gasteiger partial charge is 0.481 e. The van der Waals surface area contributed by atoms with E-state index in [0.717, 1.165) is 18.8 Å². The molecule has 1 saturated heterocycles. The number of ether oxygens (including phenoxy) is 2. The maximum atomic E-state index is 5.47. The average molecular weight is 208 g/mol. The lowest BCUT2D eigenvalue weighted by molar-refractivity contribution is 0.121. The van der Waals surface area contributed by atoms with Crippen molar-refractivity contribution < 1.29 is 9.47 Å². The maximum absolute atomic E-state index is 5.47. The molecule has 0 aliphatic carbocycles. The third-order valence-corrected chi connectivity index (χ3v) is 2.64. The molecule has 0 spiro atoms. The van der Waals surface area contributed by atoms with Gasteiger partial charge in [0.25, 0.3) is 0 Å². The SMILES string of the molecule is COc1cccc(NC2CCOC2C)n1. The van der Waals surface area contributed by atoms with E-state index in [4.69, 9.17) is 9.47 Å². The number of aromatic nitrogens is 1. The van der Waals surface area contributed by atoms with Gasteiger partial charge in [0, 0.05) is 12.7 Å². The summed E-state index contributed by atoms with van der Waals surface area (Å²) in [4.78, 5) is 4.30. The van der Waals surface area contributed by atoms with Crippen LogP contribution >= 0.6 is 0 Å². The van der Waals surface area contributed by atoms with Gasteiger partial charge in [-0.1, -0.05) is 6.07 Å². The molecule has 1 aliphatic heterocycles. The average Bonchev–Trinajstić information content (AvgIpc) is 2.65. The number of nitrogens with one attached hydrogen (secondary N) is 1. The van der Waals surface area contributed by atoms with Gasteiger partial charge in [-0.2, -0.15) is 4.98 Å². The molecule has 82 valence electrons. The Bertz CT molecular complexity index is 330. The normalized spacial score (nSPS) is 25.2. The van der Waals surface area contributed by atoms with Gasteiger partial charge in [0.1, 0.15) is 5.82 Å².